The Morgan fingerprint density at radius 3 is 2.86 bits per heavy atom. The van der Waals surface area contributed by atoms with Crippen LogP contribution in [0.3, 0.4) is 0 Å². The lowest BCUT2D eigenvalue weighted by molar-refractivity contribution is -0.139. The molecule has 2 heterocycles. The van der Waals surface area contributed by atoms with E-state index in [0.717, 1.165) is 11.1 Å². The van der Waals surface area contributed by atoms with Crippen molar-refractivity contribution in [3.8, 4) is 11.5 Å². The molecule has 0 fully saturated rings. The van der Waals surface area contributed by atoms with Crippen molar-refractivity contribution >= 4 is 23.8 Å². The van der Waals surface area contributed by atoms with Gasteiger partial charge in [0.2, 0.25) is 5.89 Å². The van der Waals surface area contributed by atoms with E-state index in [0.29, 0.717) is 34.6 Å². The number of carbonyl (C=O) groups is 2. The molecule has 148 valence electrons. The van der Waals surface area contributed by atoms with Gasteiger partial charge in [-0.15, -0.1) is 10.2 Å². The highest BCUT2D eigenvalue weighted by atomic mass is 32.2. The van der Waals surface area contributed by atoms with Crippen LogP contribution < -0.4 is 10.6 Å². The summed E-state index contributed by atoms with van der Waals surface area (Å²) >= 11 is 1.25. The molecule has 3 rings (SSSR count). The normalized spacial score (nSPS) is 16.5. The summed E-state index contributed by atoms with van der Waals surface area (Å²) in [5.41, 5.74) is 2.85. The number of esters is 1. The number of amides is 2. The van der Waals surface area contributed by atoms with Crippen LogP contribution in [0.2, 0.25) is 0 Å². The van der Waals surface area contributed by atoms with Gasteiger partial charge in [0, 0.05) is 17.0 Å². The average molecular weight is 402 g/mol. The minimum Gasteiger partial charge on any atom is -0.463 e. The Morgan fingerprint density at radius 2 is 2.14 bits per heavy atom. The smallest absolute Gasteiger partial charge is 0.337 e. The van der Waals surface area contributed by atoms with E-state index in [4.69, 9.17) is 9.15 Å². The quantitative estimate of drug-likeness (QED) is 0.541. The van der Waals surface area contributed by atoms with Gasteiger partial charge in [0.15, 0.2) is 0 Å². The molecule has 0 radical (unpaired) electrons. The van der Waals surface area contributed by atoms with Crippen LogP contribution in [0, 0.1) is 6.92 Å². The molecule has 8 nitrogen and oxygen atoms in total. The molecule has 2 aromatic rings. The fourth-order valence-corrected chi connectivity index (χ4v) is 3.60. The zero-order valence-electron chi connectivity index (χ0n) is 15.9. The summed E-state index contributed by atoms with van der Waals surface area (Å²) in [6.45, 7) is 5.89. The van der Waals surface area contributed by atoms with Gasteiger partial charge in [0.25, 0.3) is 5.22 Å². The predicted molar refractivity (Wildman–Crippen MR) is 105 cm³/mol. The highest BCUT2D eigenvalue weighted by Crippen LogP contribution is 2.27. The van der Waals surface area contributed by atoms with Gasteiger partial charge >= 0.3 is 12.0 Å². The number of urea groups is 1. The number of hydrogen-bond acceptors (Lipinski definition) is 7. The molecule has 0 saturated carbocycles. The summed E-state index contributed by atoms with van der Waals surface area (Å²) < 4.78 is 10.9. The van der Waals surface area contributed by atoms with Crippen molar-refractivity contribution in [2.24, 2.45) is 0 Å². The second-order valence-corrected chi connectivity index (χ2v) is 7.13. The molecule has 1 aromatic carbocycles. The number of nitrogens with zero attached hydrogens (tertiary/aromatic N) is 2. The average Bonchev–Trinajstić information content (AvgIpc) is 3.15. The number of aryl methyl sites for hydroxylation is 1. The monoisotopic (exact) mass is 402 g/mol. The van der Waals surface area contributed by atoms with E-state index in [9.17, 15) is 9.59 Å². The molecule has 0 spiro atoms. The number of benzene rings is 1. The Balaban J connectivity index is 1.79. The minimum atomic E-state index is -0.441. The maximum Gasteiger partial charge on any atom is 0.337 e. The zero-order chi connectivity index (χ0) is 20.1. The lowest BCUT2D eigenvalue weighted by Crippen LogP contribution is -2.50. The second kappa shape index (κ2) is 8.92. The number of carbonyl (C=O) groups excluding carboxylic acids is 2. The largest absolute Gasteiger partial charge is 0.463 e. The van der Waals surface area contributed by atoms with E-state index >= 15 is 0 Å². The molecule has 0 saturated heterocycles. The van der Waals surface area contributed by atoms with Gasteiger partial charge in [-0.05, 0) is 32.4 Å². The van der Waals surface area contributed by atoms with Crippen LogP contribution in [0.1, 0.15) is 25.8 Å². The van der Waals surface area contributed by atoms with Crippen LogP contribution in [0.5, 0.6) is 0 Å². The third kappa shape index (κ3) is 4.53. The topological polar surface area (TPSA) is 106 Å². The number of aromatic nitrogens is 2. The summed E-state index contributed by atoms with van der Waals surface area (Å²) in [5, 5.41) is 13.9. The van der Waals surface area contributed by atoms with Crippen LogP contribution in [0.15, 0.2) is 45.2 Å². The first-order valence-electron chi connectivity index (χ1n) is 9.02. The molecular weight excluding hydrogens is 380 g/mol. The first-order valence-corrected chi connectivity index (χ1v) is 10.0. The van der Waals surface area contributed by atoms with Gasteiger partial charge in [0.05, 0.1) is 18.2 Å². The van der Waals surface area contributed by atoms with Crippen molar-refractivity contribution in [1.29, 1.82) is 0 Å². The van der Waals surface area contributed by atoms with Crippen molar-refractivity contribution < 1.29 is 18.7 Å². The predicted octanol–water partition coefficient (Wildman–Crippen LogP) is 3.05. The van der Waals surface area contributed by atoms with Gasteiger partial charge in [-0.25, -0.2) is 9.59 Å². The van der Waals surface area contributed by atoms with E-state index in [2.05, 4.69) is 20.8 Å². The van der Waals surface area contributed by atoms with Crippen molar-refractivity contribution in [3.63, 3.8) is 0 Å². The molecule has 2 N–H and O–H groups in total. The minimum absolute atomic E-state index is 0.261. The van der Waals surface area contributed by atoms with E-state index < -0.39 is 12.0 Å². The zero-order valence-corrected chi connectivity index (χ0v) is 16.8. The Hall–Kier alpha value is -2.81. The van der Waals surface area contributed by atoms with Gasteiger partial charge in [-0.3, -0.25) is 0 Å². The first-order chi connectivity index (χ1) is 13.5. The standard InChI is InChI=1S/C19H22N4O4S/c1-4-13-15(17(24)26-5-2)14(21-18(25)20-13)10-28-19-23-22-16(27-19)12-8-6-7-11(3)9-12/h6-9,13H,4-5,10H2,1-3H3,(H2,20,21,25)/t13-/m1/s1. The SMILES string of the molecule is CCOC(=O)C1=C(CSc2nnc(-c3cccc(C)c3)o2)NC(=O)N[C@@H]1CC. The molecule has 0 bridgehead atoms. The summed E-state index contributed by atoms with van der Waals surface area (Å²) in [6, 6.07) is 7.03. The Kier molecular flexibility index (Phi) is 6.35. The highest BCUT2D eigenvalue weighted by molar-refractivity contribution is 7.99. The Labute approximate surface area is 167 Å². The molecule has 9 heteroatoms. The lowest BCUT2D eigenvalue weighted by atomic mass is 10.0. The molecule has 1 aliphatic rings. The Bertz CT molecular complexity index is 909. The van der Waals surface area contributed by atoms with Gasteiger partial charge in [0.1, 0.15) is 0 Å². The summed E-state index contributed by atoms with van der Waals surface area (Å²) in [5.74, 6) is 0.281. The van der Waals surface area contributed by atoms with Crippen molar-refractivity contribution in [3.05, 3.63) is 41.1 Å². The Morgan fingerprint density at radius 1 is 1.32 bits per heavy atom. The maximum atomic E-state index is 12.4. The van der Waals surface area contributed by atoms with Crippen molar-refractivity contribution in [2.75, 3.05) is 12.4 Å². The molecular formula is C19H22N4O4S. The van der Waals surface area contributed by atoms with Crippen LogP contribution in [-0.4, -0.2) is 40.6 Å². The van der Waals surface area contributed by atoms with Gasteiger partial charge < -0.3 is 19.8 Å². The van der Waals surface area contributed by atoms with Gasteiger partial charge in [-0.2, -0.15) is 0 Å². The maximum absolute atomic E-state index is 12.4. The highest BCUT2D eigenvalue weighted by Gasteiger charge is 2.31. The second-order valence-electron chi connectivity index (χ2n) is 6.20. The van der Waals surface area contributed by atoms with Crippen LogP contribution in [-0.2, 0) is 9.53 Å². The van der Waals surface area contributed by atoms with Crippen LogP contribution >= 0.6 is 11.8 Å². The van der Waals surface area contributed by atoms with E-state index in [1.807, 2.05) is 38.1 Å². The van der Waals surface area contributed by atoms with Crippen LogP contribution in [0.25, 0.3) is 11.5 Å². The number of thioether (sulfide) groups is 1. The summed E-state index contributed by atoms with van der Waals surface area (Å²) in [6.07, 6.45) is 0.577. The van der Waals surface area contributed by atoms with Crippen LogP contribution in [0.4, 0.5) is 4.79 Å². The molecule has 0 aliphatic carbocycles. The molecule has 28 heavy (non-hydrogen) atoms. The number of ether oxygens (including phenoxy) is 1. The number of nitrogens with one attached hydrogen (secondary N) is 2. The summed E-state index contributed by atoms with van der Waals surface area (Å²) in [7, 11) is 0. The van der Waals surface area contributed by atoms with E-state index in [1.165, 1.54) is 11.8 Å². The van der Waals surface area contributed by atoms with Gasteiger partial charge in [-0.1, -0.05) is 36.4 Å². The first kappa shape index (κ1) is 19.9. The third-order valence-electron chi connectivity index (χ3n) is 4.16. The van der Waals surface area contributed by atoms with Crippen molar-refractivity contribution in [1.82, 2.24) is 20.8 Å². The molecule has 1 aromatic heterocycles. The van der Waals surface area contributed by atoms with E-state index in [1.54, 1.807) is 6.92 Å². The molecule has 2 amide bonds. The van der Waals surface area contributed by atoms with Crippen molar-refractivity contribution in [2.45, 2.75) is 38.5 Å². The molecule has 1 aliphatic heterocycles. The fraction of sp³-hybridized carbons (Fsp3) is 0.368. The number of rotatable bonds is 7. The lowest BCUT2D eigenvalue weighted by Gasteiger charge is -2.28. The fourth-order valence-electron chi connectivity index (χ4n) is 2.87. The molecule has 0 unspecified atom stereocenters. The number of hydrogen-bond donors (Lipinski definition) is 2. The third-order valence-corrected chi connectivity index (χ3v) is 5.00. The molecule has 1 atom stereocenters. The summed E-state index contributed by atoms with van der Waals surface area (Å²) in [4.78, 5) is 24.3. The van der Waals surface area contributed by atoms with E-state index in [-0.39, 0.29) is 12.6 Å².